The van der Waals surface area contributed by atoms with Crippen LogP contribution in [0.1, 0.15) is 28.8 Å². The zero-order chi connectivity index (χ0) is 11.7. The summed E-state index contributed by atoms with van der Waals surface area (Å²) in [5.41, 5.74) is 2.03. The van der Waals surface area contributed by atoms with Gasteiger partial charge in [-0.15, -0.1) is 0 Å². The summed E-state index contributed by atoms with van der Waals surface area (Å²) in [6, 6.07) is 3.52. The molecular weight excluding hydrogens is 204 g/mol. The third-order valence-corrected chi connectivity index (χ3v) is 2.48. The lowest BCUT2D eigenvalue weighted by molar-refractivity contribution is 0.102. The number of ketones is 1. The van der Waals surface area contributed by atoms with E-state index in [1.807, 2.05) is 13.8 Å². The Kier molecular flexibility index (Phi) is 2.60. The molecule has 0 saturated heterocycles. The van der Waals surface area contributed by atoms with Crippen LogP contribution in [0.15, 0.2) is 18.3 Å². The minimum absolute atomic E-state index is 0.0394. The molecule has 0 atom stereocenters. The molecule has 0 bridgehead atoms. The smallest absolute Gasteiger partial charge is 0.228 e. The van der Waals surface area contributed by atoms with E-state index in [4.69, 9.17) is 0 Å². The summed E-state index contributed by atoms with van der Waals surface area (Å²) in [4.78, 5) is 12.2. The van der Waals surface area contributed by atoms with Crippen LogP contribution in [0.3, 0.4) is 0 Å². The van der Waals surface area contributed by atoms with Crippen LogP contribution in [-0.2, 0) is 13.6 Å². The van der Waals surface area contributed by atoms with Crippen LogP contribution in [0.5, 0.6) is 0 Å². The predicted molar refractivity (Wildman–Crippen MR) is 59.3 cm³/mol. The van der Waals surface area contributed by atoms with Gasteiger partial charge in [-0.2, -0.15) is 10.2 Å². The van der Waals surface area contributed by atoms with Crippen molar-refractivity contribution in [2.24, 2.45) is 7.05 Å². The first kappa shape index (κ1) is 10.6. The lowest BCUT2D eigenvalue weighted by Crippen LogP contribution is -2.13. The van der Waals surface area contributed by atoms with Crippen molar-refractivity contribution in [3.05, 3.63) is 35.4 Å². The van der Waals surface area contributed by atoms with Gasteiger partial charge in [0.05, 0.1) is 5.69 Å². The molecule has 0 fully saturated rings. The molecule has 0 radical (unpaired) electrons. The van der Waals surface area contributed by atoms with Gasteiger partial charge in [-0.1, -0.05) is 0 Å². The SMILES string of the molecule is CCn1nccc1C(=O)c1cc(C)nn1C. The Bertz CT molecular complexity index is 524. The quantitative estimate of drug-likeness (QED) is 0.727. The number of aromatic nitrogens is 4. The van der Waals surface area contributed by atoms with Crippen LogP contribution < -0.4 is 0 Å². The van der Waals surface area contributed by atoms with Crippen molar-refractivity contribution in [2.45, 2.75) is 20.4 Å². The van der Waals surface area contributed by atoms with Crippen molar-refractivity contribution in [3.63, 3.8) is 0 Å². The van der Waals surface area contributed by atoms with Crippen molar-refractivity contribution >= 4 is 5.78 Å². The molecule has 84 valence electrons. The van der Waals surface area contributed by atoms with E-state index in [0.29, 0.717) is 17.9 Å². The Morgan fingerprint density at radius 1 is 1.44 bits per heavy atom. The minimum atomic E-state index is -0.0394. The largest absolute Gasteiger partial charge is 0.285 e. The van der Waals surface area contributed by atoms with E-state index in [9.17, 15) is 4.79 Å². The molecule has 0 saturated carbocycles. The molecule has 16 heavy (non-hydrogen) atoms. The fourth-order valence-corrected chi connectivity index (χ4v) is 1.73. The zero-order valence-corrected chi connectivity index (χ0v) is 9.64. The molecule has 2 aromatic heterocycles. The second-order valence-corrected chi connectivity index (χ2v) is 3.66. The highest BCUT2D eigenvalue weighted by molar-refractivity contribution is 6.06. The average molecular weight is 218 g/mol. The van der Waals surface area contributed by atoms with Gasteiger partial charge in [0.1, 0.15) is 11.4 Å². The van der Waals surface area contributed by atoms with E-state index in [-0.39, 0.29) is 5.78 Å². The van der Waals surface area contributed by atoms with Gasteiger partial charge in [-0.05, 0) is 26.0 Å². The maximum absolute atomic E-state index is 12.2. The Balaban J connectivity index is 2.43. The Hall–Kier alpha value is -1.91. The van der Waals surface area contributed by atoms with Crippen LogP contribution in [0.2, 0.25) is 0 Å². The number of hydrogen-bond donors (Lipinski definition) is 0. The van der Waals surface area contributed by atoms with Crippen molar-refractivity contribution < 1.29 is 4.79 Å². The number of nitrogens with zero attached hydrogens (tertiary/aromatic N) is 4. The van der Waals surface area contributed by atoms with Gasteiger partial charge in [-0.3, -0.25) is 14.2 Å². The van der Waals surface area contributed by atoms with E-state index in [2.05, 4.69) is 10.2 Å². The van der Waals surface area contributed by atoms with Crippen LogP contribution in [0.4, 0.5) is 0 Å². The number of hydrogen-bond acceptors (Lipinski definition) is 3. The zero-order valence-electron chi connectivity index (χ0n) is 9.64. The lowest BCUT2D eigenvalue weighted by Gasteiger charge is -2.03. The van der Waals surface area contributed by atoms with E-state index < -0.39 is 0 Å². The number of aryl methyl sites for hydroxylation is 3. The molecule has 2 heterocycles. The van der Waals surface area contributed by atoms with Gasteiger partial charge in [-0.25, -0.2) is 0 Å². The van der Waals surface area contributed by atoms with Crippen molar-refractivity contribution in [3.8, 4) is 0 Å². The maximum atomic E-state index is 12.2. The highest BCUT2D eigenvalue weighted by Crippen LogP contribution is 2.10. The van der Waals surface area contributed by atoms with Crippen molar-refractivity contribution in [2.75, 3.05) is 0 Å². The fourth-order valence-electron chi connectivity index (χ4n) is 1.73. The summed E-state index contributed by atoms with van der Waals surface area (Å²) in [5.74, 6) is -0.0394. The summed E-state index contributed by atoms with van der Waals surface area (Å²) < 4.78 is 3.29. The summed E-state index contributed by atoms with van der Waals surface area (Å²) in [5, 5.41) is 8.25. The second kappa shape index (κ2) is 3.92. The molecule has 0 aliphatic carbocycles. The topological polar surface area (TPSA) is 52.7 Å². The average Bonchev–Trinajstić information content (AvgIpc) is 2.83. The van der Waals surface area contributed by atoms with Gasteiger partial charge in [0.2, 0.25) is 5.78 Å². The number of rotatable bonds is 3. The number of carbonyl (C=O) groups is 1. The van der Waals surface area contributed by atoms with Crippen LogP contribution in [0.25, 0.3) is 0 Å². The van der Waals surface area contributed by atoms with Gasteiger partial charge in [0, 0.05) is 19.8 Å². The first-order chi connectivity index (χ1) is 7.63. The number of carbonyl (C=O) groups excluding carboxylic acids is 1. The second-order valence-electron chi connectivity index (χ2n) is 3.66. The first-order valence-corrected chi connectivity index (χ1v) is 5.20. The van der Waals surface area contributed by atoms with E-state index in [1.54, 1.807) is 34.7 Å². The summed E-state index contributed by atoms with van der Waals surface area (Å²) in [6.07, 6.45) is 1.64. The Morgan fingerprint density at radius 3 is 2.75 bits per heavy atom. The predicted octanol–water partition coefficient (Wildman–Crippen LogP) is 1.18. The monoisotopic (exact) mass is 218 g/mol. The summed E-state index contributed by atoms with van der Waals surface area (Å²) in [7, 11) is 1.77. The van der Waals surface area contributed by atoms with Crippen molar-refractivity contribution in [1.29, 1.82) is 0 Å². The Morgan fingerprint density at radius 2 is 2.19 bits per heavy atom. The van der Waals surface area contributed by atoms with E-state index in [1.165, 1.54) is 0 Å². The molecule has 0 N–H and O–H groups in total. The van der Waals surface area contributed by atoms with Crippen LogP contribution >= 0.6 is 0 Å². The van der Waals surface area contributed by atoms with Crippen molar-refractivity contribution in [1.82, 2.24) is 19.6 Å². The van der Waals surface area contributed by atoms with E-state index in [0.717, 1.165) is 5.69 Å². The molecular formula is C11H14N4O. The molecule has 0 amide bonds. The first-order valence-electron chi connectivity index (χ1n) is 5.20. The van der Waals surface area contributed by atoms with Gasteiger partial charge < -0.3 is 0 Å². The van der Waals surface area contributed by atoms with Gasteiger partial charge in [0.25, 0.3) is 0 Å². The highest BCUT2D eigenvalue weighted by Gasteiger charge is 2.17. The van der Waals surface area contributed by atoms with Crippen LogP contribution in [-0.4, -0.2) is 25.3 Å². The maximum Gasteiger partial charge on any atom is 0.228 e. The molecule has 0 aromatic carbocycles. The summed E-state index contributed by atoms with van der Waals surface area (Å²) in [6.45, 7) is 4.51. The van der Waals surface area contributed by atoms with E-state index >= 15 is 0 Å². The molecule has 0 aliphatic rings. The third-order valence-electron chi connectivity index (χ3n) is 2.48. The molecule has 0 spiro atoms. The molecule has 0 aliphatic heterocycles. The molecule has 0 unspecified atom stereocenters. The normalized spacial score (nSPS) is 10.7. The third kappa shape index (κ3) is 1.64. The van der Waals surface area contributed by atoms with Gasteiger partial charge >= 0.3 is 0 Å². The standard InChI is InChI=1S/C11H14N4O/c1-4-15-9(5-6-12-15)11(16)10-7-8(2)13-14(10)3/h5-7H,4H2,1-3H3. The molecule has 5 heteroatoms. The Labute approximate surface area is 93.7 Å². The minimum Gasteiger partial charge on any atom is -0.285 e. The van der Waals surface area contributed by atoms with Crippen LogP contribution in [0, 0.1) is 6.92 Å². The lowest BCUT2D eigenvalue weighted by atomic mass is 10.2. The summed E-state index contributed by atoms with van der Waals surface area (Å²) >= 11 is 0. The molecule has 2 rings (SSSR count). The molecule has 2 aromatic rings. The molecule has 5 nitrogen and oxygen atoms in total. The van der Waals surface area contributed by atoms with Gasteiger partial charge in [0.15, 0.2) is 0 Å². The highest BCUT2D eigenvalue weighted by atomic mass is 16.1. The fraction of sp³-hybridized carbons (Fsp3) is 0.364.